The Labute approximate surface area is 140 Å². The van der Waals surface area contributed by atoms with Gasteiger partial charge in [-0.2, -0.15) is 5.10 Å². The van der Waals surface area contributed by atoms with Crippen molar-refractivity contribution in [2.75, 3.05) is 13.1 Å². The Balaban J connectivity index is 1.87. The minimum Gasteiger partial charge on any atom is -0.299 e. The number of hydrogen-bond donors (Lipinski definition) is 0. The minimum atomic E-state index is -0.558. The summed E-state index contributed by atoms with van der Waals surface area (Å²) in [5.74, 6) is -1.20. The summed E-state index contributed by atoms with van der Waals surface area (Å²) < 4.78 is 29.4. The van der Waals surface area contributed by atoms with Crippen LogP contribution in [-0.4, -0.2) is 38.8 Å². The quantitative estimate of drug-likeness (QED) is 0.787. The van der Waals surface area contributed by atoms with E-state index in [-0.39, 0.29) is 12.0 Å². The van der Waals surface area contributed by atoms with Crippen LogP contribution < -0.4 is 0 Å². The van der Waals surface area contributed by atoms with Crippen LogP contribution >= 0.6 is 0 Å². The van der Waals surface area contributed by atoms with E-state index in [1.807, 2.05) is 0 Å². The highest BCUT2D eigenvalue weighted by atomic mass is 19.1. The number of nitrogens with zero attached hydrogens (tertiary/aromatic N) is 4. The molecule has 0 spiro atoms. The van der Waals surface area contributed by atoms with E-state index in [4.69, 9.17) is 0 Å². The molecule has 128 valence electrons. The van der Waals surface area contributed by atoms with Gasteiger partial charge in [-0.1, -0.05) is 18.2 Å². The number of rotatable bonds is 5. The largest absolute Gasteiger partial charge is 0.299 e. The van der Waals surface area contributed by atoms with Gasteiger partial charge in [0.15, 0.2) is 0 Å². The zero-order chi connectivity index (χ0) is 17.1. The summed E-state index contributed by atoms with van der Waals surface area (Å²) in [6, 6.07) is 3.92. The van der Waals surface area contributed by atoms with Gasteiger partial charge in [0.2, 0.25) is 0 Å². The van der Waals surface area contributed by atoms with Gasteiger partial charge in [0, 0.05) is 31.1 Å². The van der Waals surface area contributed by atoms with Gasteiger partial charge in [0.1, 0.15) is 24.3 Å². The van der Waals surface area contributed by atoms with Gasteiger partial charge < -0.3 is 0 Å². The van der Waals surface area contributed by atoms with Crippen LogP contribution in [-0.2, 0) is 6.54 Å². The second kappa shape index (κ2) is 7.21. The molecule has 0 N–H and O–H groups in total. The molecule has 1 fully saturated rings. The van der Waals surface area contributed by atoms with Crippen molar-refractivity contribution in [3.8, 4) is 0 Å². The van der Waals surface area contributed by atoms with Gasteiger partial charge in [-0.25, -0.2) is 13.8 Å². The van der Waals surface area contributed by atoms with E-state index >= 15 is 0 Å². The van der Waals surface area contributed by atoms with Crippen molar-refractivity contribution in [1.29, 1.82) is 0 Å². The van der Waals surface area contributed by atoms with E-state index in [2.05, 4.69) is 28.5 Å². The van der Waals surface area contributed by atoms with Crippen LogP contribution in [0.4, 0.5) is 8.78 Å². The molecule has 0 saturated carbocycles. The van der Waals surface area contributed by atoms with Gasteiger partial charge in [0.05, 0.1) is 6.54 Å². The van der Waals surface area contributed by atoms with Crippen molar-refractivity contribution < 1.29 is 8.78 Å². The van der Waals surface area contributed by atoms with E-state index in [1.165, 1.54) is 18.0 Å². The van der Waals surface area contributed by atoms with Crippen molar-refractivity contribution in [3.05, 3.63) is 60.2 Å². The average Bonchev–Trinajstić information content (AvgIpc) is 3.06. The van der Waals surface area contributed by atoms with Crippen molar-refractivity contribution in [2.45, 2.75) is 38.3 Å². The highest BCUT2D eigenvalue weighted by molar-refractivity contribution is 5.24. The van der Waals surface area contributed by atoms with Gasteiger partial charge in [0.25, 0.3) is 0 Å². The summed E-state index contributed by atoms with van der Waals surface area (Å²) in [7, 11) is 0. The molecule has 0 radical (unpaired) electrons. The summed E-state index contributed by atoms with van der Waals surface area (Å²) in [6.07, 6.45) is 5.02. The molecule has 0 unspecified atom stereocenters. The molecule has 2 atom stereocenters. The second-order valence-corrected chi connectivity index (χ2v) is 6.42. The molecule has 3 rings (SSSR count). The molecule has 2 heterocycles. The van der Waals surface area contributed by atoms with Gasteiger partial charge >= 0.3 is 0 Å². The predicted molar refractivity (Wildman–Crippen MR) is 88.5 cm³/mol. The molecular formula is C18H22F2N4. The standard InChI is InChI=1S/C18H22F2N4/c1-13-5-7-23(8-6-13)14(2)17(10-24-12-21-11-22-24)16-4-3-15(19)9-18(16)20/h3-4,9,11-12,14,17H,1,5-8,10H2,2H3/t14-,17+/m1/s1. The number of piperidine rings is 1. The SMILES string of the molecule is C=C1CCN([C@H](C)[C@H](Cn2cncn2)c2ccc(F)cc2F)CC1. The topological polar surface area (TPSA) is 34.0 Å². The molecule has 6 heteroatoms. The average molecular weight is 332 g/mol. The molecule has 4 nitrogen and oxygen atoms in total. The van der Waals surface area contributed by atoms with Crippen molar-refractivity contribution >= 4 is 0 Å². The molecule has 0 bridgehead atoms. The molecule has 24 heavy (non-hydrogen) atoms. The number of benzene rings is 1. The Kier molecular flexibility index (Phi) is 5.04. The van der Waals surface area contributed by atoms with Gasteiger partial charge in [-0.05, 0) is 31.4 Å². The first kappa shape index (κ1) is 16.8. The maximum absolute atomic E-state index is 14.4. The summed E-state index contributed by atoms with van der Waals surface area (Å²) in [5, 5.41) is 4.14. The Hall–Kier alpha value is -2.08. The van der Waals surface area contributed by atoms with Gasteiger partial charge in [-0.3, -0.25) is 9.58 Å². The Bertz CT molecular complexity index is 689. The third-order valence-electron chi connectivity index (χ3n) is 4.88. The van der Waals surface area contributed by atoms with E-state index in [9.17, 15) is 8.78 Å². The molecule has 1 aromatic heterocycles. The normalized spacial score (nSPS) is 18.5. The number of halogens is 2. The van der Waals surface area contributed by atoms with E-state index in [1.54, 1.807) is 17.1 Å². The highest BCUT2D eigenvalue weighted by Gasteiger charge is 2.29. The van der Waals surface area contributed by atoms with Crippen LogP contribution in [0.2, 0.25) is 0 Å². The lowest BCUT2D eigenvalue weighted by Gasteiger charge is -2.38. The summed E-state index contributed by atoms with van der Waals surface area (Å²) in [6.45, 7) is 8.47. The first-order valence-corrected chi connectivity index (χ1v) is 8.22. The first-order valence-electron chi connectivity index (χ1n) is 8.22. The van der Waals surface area contributed by atoms with Crippen molar-refractivity contribution in [2.24, 2.45) is 0 Å². The third-order valence-corrected chi connectivity index (χ3v) is 4.88. The lowest BCUT2D eigenvalue weighted by Crippen LogP contribution is -2.42. The molecule has 1 aliphatic heterocycles. The zero-order valence-electron chi connectivity index (χ0n) is 13.8. The second-order valence-electron chi connectivity index (χ2n) is 6.42. The maximum Gasteiger partial charge on any atom is 0.137 e. The van der Waals surface area contributed by atoms with Crippen molar-refractivity contribution in [3.63, 3.8) is 0 Å². The summed E-state index contributed by atoms with van der Waals surface area (Å²) in [5.41, 5.74) is 1.78. The Morgan fingerprint density at radius 1 is 1.25 bits per heavy atom. The minimum absolute atomic E-state index is 0.0993. The molecule has 1 aliphatic rings. The fourth-order valence-electron chi connectivity index (χ4n) is 3.34. The first-order chi connectivity index (χ1) is 11.5. The molecule has 1 aromatic carbocycles. The van der Waals surface area contributed by atoms with Gasteiger partial charge in [-0.15, -0.1) is 0 Å². The predicted octanol–water partition coefficient (Wildman–Crippen LogP) is 3.38. The lowest BCUT2D eigenvalue weighted by molar-refractivity contribution is 0.160. The smallest absolute Gasteiger partial charge is 0.137 e. The molecule has 0 aliphatic carbocycles. The zero-order valence-corrected chi connectivity index (χ0v) is 13.8. The van der Waals surface area contributed by atoms with Crippen LogP contribution in [0.15, 0.2) is 43.0 Å². The molecule has 1 saturated heterocycles. The van der Waals surface area contributed by atoms with Crippen LogP contribution in [0.1, 0.15) is 31.2 Å². The van der Waals surface area contributed by atoms with Crippen LogP contribution in [0, 0.1) is 11.6 Å². The molecular weight excluding hydrogens is 310 g/mol. The van der Waals surface area contributed by atoms with Crippen LogP contribution in [0.3, 0.4) is 0 Å². The fraction of sp³-hybridized carbons (Fsp3) is 0.444. The third kappa shape index (κ3) is 3.70. The van der Waals surface area contributed by atoms with E-state index in [0.717, 1.165) is 32.0 Å². The van der Waals surface area contributed by atoms with E-state index < -0.39 is 11.6 Å². The van der Waals surface area contributed by atoms with Crippen molar-refractivity contribution in [1.82, 2.24) is 19.7 Å². The number of likely N-dealkylation sites (tertiary alicyclic amines) is 1. The number of aromatic nitrogens is 3. The van der Waals surface area contributed by atoms with Crippen LogP contribution in [0.25, 0.3) is 0 Å². The lowest BCUT2D eigenvalue weighted by atomic mass is 9.89. The molecule has 2 aromatic rings. The number of hydrogen-bond acceptors (Lipinski definition) is 3. The van der Waals surface area contributed by atoms with E-state index in [0.29, 0.717) is 12.1 Å². The molecule has 0 amide bonds. The monoisotopic (exact) mass is 332 g/mol. The summed E-state index contributed by atoms with van der Waals surface area (Å²) in [4.78, 5) is 6.31. The van der Waals surface area contributed by atoms with Crippen LogP contribution in [0.5, 0.6) is 0 Å². The Morgan fingerprint density at radius 3 is 2.62 bits per heavy atom. The highest BCUT2D eigenvalue weighted by Crippen LogP contribution is 2.30. The fourth-order valence-corrected chi connectivity index (χ4v) is 3.34. The Morgan fingerprint density at radius 2 is 2.00 bits per heavy atom. The summed E-state index contributed by atoms with van der Waals surface area (Å²) >= 11 is 0. The maximum atomic E-state index is 14.4.